The summed E-state index contributed by atoms with van der Waals surface area (Å²) in [7, 11) is 1.33. The molecule has 0 aromatic carbocycles. The van der Waals surface area contributed by atoms with E-state index in [4.69, 9.17) is 0 Å². The molecule has 0 nitrogen and oxygen atoms in total. The Morgan fingerprint density at radius 1 is 0.462 bits per heavy atom. The molecule has 0 N–H and O–H groups in total. The van der Waals surface area contributed by atoms with Gasteiger partial charge in [-0.15, -0.1) is 8.58 Å². The lowest BCUT2D eigenvalue weighted by Gasteiger charge is -2.38. The highest BCUT2D eigenvalue weighted by Gasteiger charge is 2.44. The van der Waals surface area contributed by atoms with Gasteiger partial charge in [-0.1, -0.05) is 187 Å². The van der Waals surface area contributed by atoms with E-state index in [9.17, 15) is 0 Å². The van der Waals surface area contributed by atoms with Crippen LogP contribution < -0.4 is 0 Å². The predicted octanol–water partition coefficient (Wildman–Crippen LogP) is 14.3. The first-order valence-electron chi connectivity index (χ1n) is 19.1. The molecular weight excluding hydrogens is 487 g/mol. The Bertz CT molecular complexity index is 515. The lowest BCUT2D eigenvalue weighted by Crippen LogP contribution is -2.31. The zero-order valence-electron chi connectivity index (χ0n) is 27.5. The highest BCUT2D eigenvalue weighted by atomic mass is 31.1. The van der Waals surface area contributed by atoms with Gasteiger partial charge in [-0.3, -0.25) is 0 Å². The van der Waals surface area contributed by atoms with E-state index in [1.807, 2.05) is 0 Å². The van der Waals surface area contributed by atoms with E-state index in [1.54, 1.807) is 51.4 Å². The van der Waals surface area contributed by atoms with E-state index >= 15 is 0 Å². The van der Waals surface area contributed by atoms with Gasteiger partial charge in [0, 0.05) is 0 Å². The van der Waals surface area contributed by atoms with Crippen LogP contribution in [0.1, 0.15) is 226 Å². The molecule has 2 rings (SSSR count). The lowest BCUT2D eigenvalue weighted by molar-refractivity contribution is 0.276. The second-order valence-corrected chi connectivity index (χ2v) is 16.3. The van der Waals surface area contributed by atoms with Crippen LogP contribution in [0.15, 0.2) is 0 Å². The zero-order chi connectivity index (χ0) is 27.7. The maximum Gasteiger partial charge on any atom is -0.00910 e. The van der Waals surface area contributed by atoms with Crippen LogP contribution in [0.5, 0.6) is 0 Å². The molecule has 0 aliphatic carbocycles. The van der Waals surface area contributed by atoms with Gasteiger partial charge in [0.05, 0.1) is 0 Å². The summed E-state index contributed by atoms with van der Waals surface area (Å²) in [5.41, 5.74) is 1.13. The third kappa shape index (κ3) is 17.2. The standard InChI is InChI=1S/C38H75P/c1-3-5-7-9-11-12-13-14-15-16-17-18-19-20-21-22-23-25-27-31-36(30-26-24-10-8-6-4-2)38-34-29-28-32-37(39-38)33-35-38/h36-37,39H,3-35H2,1-2H3. The lowest BCUT2D eigenvalue weighted by atomic mass is 9.76. The Morgan fingerprint density at radius 2 is 0.846 bits per heavy atom. The molecule has 0 radical (unpaired) electrons. The van der Waals surface area contributed by atoms with E-state index < -0.39 is 0 Å². The second kappa shape index (κ2) is 25.0. The largest absolute Gasteiger partial charge is 0.112 e. The van der Waals surface area contributed by atoms with Gasteiger partial charge >= 0.3 is 0 Å². The second-order valence-electron chi connectivity index (χ2n) is 14.2. The molecule has 4 atom stereocenters. The van der Waals surface area contributed by atoms with Crippen molar-refractivity contribution in [2.75, 3.05) is 0 Å². The number of hydrogen-bond donors (Lipinski definition) is 0. The van der Waals surface area contributed by atoms with E-state index in [1.165, 1.54) is 169 Å². The summed E-state index contributed by atoms with van der Waals surface area (Å²) in [6.07, 6.45) is 49.8. The van der Waals surface area contributed by atoms with Crippen LogP contribution in [0.3, 0.4) is 0 Å². The monoisotopic (exact) mass is 563 g/mol. The minimum Gasteiger partial charge on any atom is -0.112 e. The summed E-state index contributed by atoms with van der Waals surface area (Å²) in [4.78, 5) is 0. The van der Waals surface area contributed by atoms with Crippen LogP contribution >= 0.6 is 8.58 Å². The van der Waals surface area contributed by atoms with Gasteiger partial charge in [-0.25, -0.2) is 0 Å². The first-order valence-corrected chi connectivity index (χ1v) is 20.2. The Labute approximate surface area is 250 Å². The molecular formula is C38H75P. The minimum atomic E-state index is 0.804. The van der Waals surface area contributed by atoms with E-state index in [0.29, 0.717) is 0 Å². The number of unbranched alkanes of at least 4 members (excludes halogenated alkanes) is 23. The third-order valence-electron chi connectivity index (χ3n) is 10.7. The maximum atomic E-state index is 2.35. The molecule has 2 fully saturated rings. The summed E-state index contributed by atoms with van der Waals surface area (Å²) in [5.74, 6) is 1.08. The van der Waals surface area contributed by atoms with Crippen LogP contribution in [0.2, 0.25) is 0 Å². The normalized spacial score (nSPS) is 22.5. The Morgan fingerprint density at radius 3 is 1.26 bits per heavy atom. The maximum absolute atomic E-state index is 2.35. The van der Waals surface area contributed by atoms with Crippen molar-refractivity contribution in [3.8, 4) is 0 Å². The van der Waals surface area contributed by atoms with Crippen molar-refractivity contribution >= 4 is 8.58 Å². The van der Waals surface area contributed by atoms with Crippen LogP contribution in [-0.4, -0.2) is 10.8 Å². The Kier molecular flexibility index (Phi) is 22.8. The van der Waals surface area contributed by atoms with E-state index in [2.05, 4.69) is 13.8 Å². The number of fused-ring (bicyclic) bond motifs is 2. The molecule has 4 unspecified atom stereocenters. The summed E-state index contributed by atoms with van der Waals surface area (Å²) in [6, 6.07) is 0. The molecule has 0 spiro atoms. The summed E-state index contributed by atoms with van der Waals surface area (Å²) in [6.45, 7) is 4.66. The van der Waals surface area contributed by atoms with Crippen molar-refractivity contribution in [3.05, 3.63) is 0 Å². The van der Waals surface area contributed by atoms with Gasteiger partial charge in [0.2, 0.25) is 0 Å². The Hall–Kier alpha value is 0.430. The quantitative estimate of drug-likeness (QED) is 0.0657. The molecule has 0 saturated carbocycles. The molecule has 2 aliphatic rings. The molecule has 1 heteroatoms. The van der Waals surface area contributed by atoms with Gasteiger partial charge in [-0.05, 0) is 55.3 Å². The fraction of sp³-hybridized carbons (Fsp3) is 1.00. The first-order chi connectivity index (χ1) is 19.3. The summed E-state index contributed by atoms with van der Waals surface area (Å²) in [5, 5.41) is 0.804. The molecule has 2 aliphatic heterocycles. The fourth-order valence-corrected chi connectivity index (χ4v) is 10.7. The molecule has 0 aromatic rings. The molecule has 0 aromatic heterocycles. The van der Waals surface area contributed by atoms with Gasteiger partial charge in [0.1, 0.15) is 0 Å². The van der Waals surface area contributed by atoms with Crippen LogP contribution in [0.25, 0.3) is 0 Å². The molecule has 2 bridgehead atoms. The summed E-state index contributed by atoms with van der Waals surface area (Å²) >= 11 is 0. The van der Waals surface area contributed by atoms with Crippen LogP contribution in [-0.2, 0) is 0 Å². The smallest absolute Gasteiger partial charge is 0.00910 e. The highest BCUT2D eigenvalue weighted by Crippen LogP contribution is 2.60. The average molecular weight is 563 g/mol. The predicted molar refractivity (Wildman–Crippen MR) is 182 cm³/mol. The van der Waals surface area contributed by atoms with Crippen molar-refractivity contribution in [1.29, 1.82) is 0 Å². The van der Waals surface area contributed by atoms with Gasteiger partial charge in [0.25, 0.3) is 0 Å². The molecule has 232 valence electrons. The third-order valence-corrected chi connectivity index (χ3v) is 13.2. The molecule has 39 heavy (non-hydrogen) atoms. The van der Waals surface area contributed by atoms with Crippen LogP contribution in [0.4, 0.5) is 0 Å². The summed E-state index contributed by atoms with van der Waals surface area (Å²) < 4.78 is 0. The molecule has 2 saturated heterocycles. The number of rotatable bonds is 28. The number of hydrogen-bond acceptors (Lipinski definition) is 0. The van der Waals surface area contributed by atoms with Crippen molar-refractivity contribution in [3.63, 3.8) is 0 Å². The topological polar surface area (TPSA) is 0 Å². The van der Waals surface area contributed by atoms with Crippen molar-refractivity contribution in [2.24, 2.45) is 5.92 Å². The van der Waals surface area contributed by atoms with Gasteiger partial charge in [0.15, 0.2) is 0 Å². The molecule has 0 amide bonds. The van der Waals surface area contributed by atoms with Crippen LogP contribution in [0, 0.1) is 5.92 Å². The van der Waals surface area contributed by atoms with Crippen molar-refractivity contribution in [1.82, 2.24) is 0 Å². The van der Waals surface area contributed by atoms with Gasteiger partial charge in [-0.2, -0.15) is 0 Å². The van der Waals surface area contributed by atoms with E-state index in [0.717, 1.165) is 16.7 Å². The van der Waals surface area contributed by atoms with Gasteiger partial charge < -0.3 is 0 Å². The average Bonchev–Trinajstić information content (AvgIpc) is 3.24. The van der Waals surface area contributed by atoms with E-state index in [-0.39, 0.29) is 0 Å². The Balaban J connectivity index is 1.44. The zero-order valence-corrected chi connectivity index (χ0v) is 28.5. The van der Waals surface area contributed by atoms with Crippen molar-refractivity contribution < 1.29 is 0 Å². The minimum absolute atomic E-state index is 0.804. The SMILES string of the molecule is CCCCCCCCCCCCCCCCCCCCCC(CCCCCCCC)C12CCCCC(CC1)P2. The fourth-order valence-electron chi connectivity index (χ4n) is 8.09. The van der Waals surface area contributed by atoms with Crippen molar-refractivity contribution in [2.45, 2.75) is 237 Å². The first kappa shape index (κ1) is 35.6. The molecule has 2 heterocycles. The highest BCUT2D eigenvalue weighted by molar-refractivity contribution is 7.41.